The molecule has 3 heterocycles. The lowest BCUT2D eigenvalue weighted by atomic mass is 10.1. The molecule has 0 radical (unpaired) electrons. The number of aromatic nitrogens is 3. The van der Waals surface area contributed by atoms with Gasteiger partial charge in [-0.05, 0) is 26.0 Å². The Balaban J connectivity index is 2.06. The molecular formula is C14H16N4O. The summed E-state index contributed by atoms with van der Waals surface area (Å²) < 4.78 is 7.54. The lowest BCUT2D eigenvalue weighted by Crippen LogP contribution is -2.11. The normalized spacial score (nSPS) is 13.1. The second kappa shape index (κ2) is 4.20. The van der Waals surface area contributed by atoms with Gasteiger partial charge in [0.15, 0.2) is 5.58 Å². The summed E-state index contributed by atoms with van der Waals surface area (Å²) in [5.41, 5.74) is 10.7. The first kappa shape index (κ1) is 11.9. The highest BCUT2D eigenvalue weighted by Crippen LogP contribution is 2.27. The predicted octanol–water partition coefficient (Wildman–Crippen LogP) is 2.23. The van der Waals surface area contributed by atoms with Crippen LogP contribution in [0.3, 0.4) is 0 Å². The van der Waals surface area contributed by atoms with E-state index in [1.165, 1.54) is 0 Å². The molecular weight excluding hydrogens is 240 g/mol. The molecule has 0 fully saturated rings. The van der Waals surface area contributed by atoms with E-state index in [2.05, 4.69) is 10.1 Å². The molecule has 2 N–H and O–H groups in total. The monoisotopic (exact) mass is 256 g/mol. The standard InChI is InChI=1S/C14H16N4O/c1-8-4-5-12-11(16-8)6-13(19-12)14(15)10-7-18(3)17-9(10)2/h4-7,14H,15H2,1-3H3. The maximum absolute atomic E-state index is 6.26. The third-order valence-electron chi connectivity index (χ3n) is 3.22. The lowest BCUT2D eigenvalue weighted by Gasteiger charge is -2.06. The van der Waals surface area contributed by atoms with E-state index in [4.69, 9.17) is 10.2 Å². The summed E-state index contributed by atoms with van der Waals surface area (Å²) in [6, 6.07) is 5.43. The van der Waals surface area contributed by atoms with Gasteiger partial charge in [0.25, 0.3) is 0 Å². The third-order valence-corrected chi connectivity index (χ3v) is 3.22. The van der Waals surface area contributed by atoms with Crippen molar-refractivity contribution in [3.05, 3.63) is 47.1 Å². The van der Waals surface area contributed by atoms with Gasteiger partial charge in [-0.15, -0.1) is 0 Å². The second-order valence-electron chi connectivity index (χ2n) is 4.81. The summed E-state index contributed by atoms with van der Waals surface area (Å²) in [5.74, 6) is 0.712. The Morgan fingerprint density at radius 3 is 2.79 bits per heavy atom. The maximum atomic E-state index is 6.26. The maximum Gasteiger partial charge on any atom is 0.152 e. The zero-order valence-electron chi connectivity index (χ0n) is 11.2. The number of pyridine rings is 1. The molecule has 0 bridgehead atoms. The van der Waals surface area contributed by atoms with Crippen LogP contribution in [-0.2, 0) is 7.05 Å². The molecule has 3 aromatic rings. The first-order valence-corrected chi connectivity index (χ1v) is 6.17. The number of hydrogen-bond donors (Lipinski definition) is 1. The van der Waals surface area contributed by atoms with Crippen LogP contribution >= 0.6 is 0 Å². The SMILES string of the molecule is Cc1ccc2oc(C(N)c3cn(C)nc3C)cc2n1. The predicted molar refractivity (Wildman–Crippen MR) is 72.7 cm³/mol. The van der Waals surface area contributed by atoms with Gasteiger partial charge >= 0.3 is 0 Å². The fourth-order valence-corrected chi connectivity index (χ4v) is 2.27. The summed E-state index contributed by atoms with van der Waals surface area (Å²) in [6.45, 7) is 3.90. The van der Waals surface area contributed by atoms with E-state index in [1.54, 1.807) is 4.68 Å². The molecule has 0 aliphatic heterocycles. The molecule has 5 heteroatoms. The number of nitrogens with two attached hydrogens (primary N) is 1. The Labute approximate surface area is 111 Å². The van der Waals surface area contributed by atoms with Crippen molar-refractivity contribution in [2.75, 3.05) is 0 Å². The molecule has 1 atom stereocenters. The van der Waals surface area contributed by atoms with Gasteiger partial charge < -0.3 is 10.2 Å². The Morgan fingerprint density at radius 1 is 1.32 bits per heavy atom. The van der Waals surface area contributed by atoms with Crippen molar-refractivity contribution < 1.29 is 4.42 Å². The smallest absolute Gasteiger partial charge is 0.152 e. The number of furan rings is 1. The summed E-state index contributed by atoms with van der Waals surface area (Å²) in [4.78, 5) is 4.43. The highest BCUT2D eigenvalue weighted by atomic mass is 16.3. The second-order valence-corrected chi connectivity index (χ2v) is 4.81. The van der Waals surface area contributed by atoms with Gasteiger partial charge in [0, 0.05) is 30.6 Å². The van der Waals surface area contributed by atoms with Crippen molar-refractivity contribution in [2.24, 2.45) is 12.8 Å². The summed E-state index contributed by atoms with van der Waals surface area (Å²) in [6.07, 6.45) is 1.92. The van der Waals surface area contributed by atoms with Gasteiger partial charge in [0.1, 0.15) is 11.3 Å². The zero-order chi connectivity index (χ0) is 13.6. The van der Waals surface area contributed by atoms with Crippen LogP contribution in [0.25, 0.3) is 11.1 Å². The number of fused-ring (bicyclic) bond motifs is 1. The number of aryl methyl sites for hydroxylation is 3. The average molecular weight is 256 g/mol. The highest BCUT2D eigenvalue weighted by Gasteiger charge is 2.18. The zero-order valence-corrected chi connectivity index (χ0v) is 11.2. The molecule has 0 saturated carbocycles. The number of hydrogen-bond acceptors (Lipinski definition) is 4. The summed E-state index contributed by atoms with van der Waals surface area (Å²) in [5, 5.41) is 4.31. The first-order valence-electron chi connectivity index (χ1n) is 6.17. The Hall–Kier alpha value is -2.14. The van der Waals surface area contributed by atoms with Crippen molar-refractivity contribution in [1.29, 1.82) is 0 Å². The molecule has 3 aromatic heterocycles. The Morgan fingerprint density at radius 2 is 2.11 bits per heavy atom. The third kappa shape index (κ3) is 2.02. The van der Waals surface area contributed by atoms with Crippen LogP contribution in [0.15, 0.2) is 28.8 Å². The largest absolute Gasteiger partial charge is 0.457 e. The molecule has 0 saturated heterocycles. The molecule has 0 aliphatic rings. The van der Waals surface area contributed by atoms with E-state index in [-0.39, 0.29) is 6.04 Å². The van der Waals surface area contributed by atoms with Crippen LogP contribution < -0.4 is 5.73 Å². The van der Waals surface area contributed by atoms with Gasteiger partial charge in [-0.1, -0.05) is 0 Å². The molecule has 3 rings (SSSR count). The van der Waals surface area contributed by atoms with Gasteiger partial charge in [-0.25, -0.2) is 4.98 Å². The molecule has 5 nitrogen and oxygen atoms in total. The summed E-state index contributed by atoms with van der Waals surface area (Å²) in [7, 11) is 1.88. The molecule has 0 aliphatic carbocycles. The molecule has 0 amide bonds. The topological polar surface area (TPSA) is 69.9 Å². The quantitative estimate of drug-likeness (QED) is 0.763. The lowest BCUT2D eigenvalue weighted by molar-refractivity contribution is 0.524. The molecule has 0 aromatic carbocycles. The highest BCUT2D eigenvalue weighted by molar-refractivity contribution is 5.73. The van der Waals surface area contributed by atoms with Crippen LogP contribution in [0.1, 0.15) is 28.8 Å². The van der Waals surface area contributed by atoms with E-state index in [0.29, 0.717) is 5.76 Å². The van der Waals surface area contributed by atoms with Crippen molar-refractivity contribution in [2.45, 2.75) is 19.9 Å². The van der Waals surface area contributed by atoms with Crippen LogP contribution in [0.4, 0.5) is 0 Å². The van der Waals surface area contributed by atoms with E-state index in [9.17, 15) is 0 Å². The van der Waals surface area contributed by atoms with E-state index in [1.807, 2.05) is 45.3 Å². The minimum atomic E-state index is -0.316. The van der Waals surface area contributed by atoms with Crippen molar-refractivity contribution in [1.82, 2.24) is 14.8 Å². The fourth-order valence-electron chi connectivity index (χ4n) is 2.27. The van der Waals surface area contributed by atoms with Gasteiger partial charge in [-0.3, -0.25) is 4.68 Å². The van der Waals surface area contributed by atoms with Crippen LogP contribution in [0.2, 0.25) is 0 Å². The van der Waals surface area contributed by atoms with E-state index >= 15 is 0 Å². The fraction of sp³-hybridized carbons (Fsp3) is 0.286. The van der Waals surface area contributed by atoms with E-state index in [0.717, 1.165) is 28.1 Å². The first-order chi connectivity index (χ1) is 9.04. The van der Waals surface area contributed by atoms with Gasteiger partial charge in [0.05, 0.1) is 11.7 Å². The minimum Gasteiger partial charge on any atom is -0.457 e. The molecule has 19 heavy (non-hydrogen) atoms. The number of nitrogens with zero attached hydrogens (tertiary/aromatic N) is 3. The average Bonchev–Trinajstić information content (AvgIpc) is 2.91. The summed E-state index contributed by atoms with van der Waals surface area (Å²) >= 11 is 0. The Kier molecular flexibility index (Phi) is 2.64. The number of rotatable bonds is 2. The minimum absolute atomic E-state index is 0.316. The van der Waals surface area contributed by atoms with Crippen molar-refractivity contribution in [3.63, 3.8) is 0 Å². The van der Waals surface area contributed by atoms with Crippen molar-refractivity contribution in [3.8, 4) is 0 Å². The van der Waals surface area contributed by atoms with Gasteiger partial charge in [0.2, 0.25) is 0 Å². The van der Waals surface area contributed by atoms with Crippen molar-refractivity contribution >= 4 is 11.1 Å². The van der Waals surface area contributed by atoms with Crippen LogP contribution in [0, 0.1) is 13.8 Å². The van der Waals surface area contributed by atoms with Crippen LogP contribution in [-0.4, -0.2) is 14.8 Å². The molecule has 0 spiro atoms. The molecule has 1 unspecified atom stereocenters. The molecule has 98 valence electrons. The Bertz CT molecular complexity index is 741. The van der Waals surface area contributed by atoms with Crippen LogP contribution in [0.5, 0.6) is 0 Å². The van der Waals surface area contributed by atoms with E-state index < -0.39 is 0 Å². The van der Waals surface area contributed by atoms with Gasteiger partial charge in [-0.2, -0.15) is 5.10 Å².